The van der Waals surface area contributed by atoms with Crippen molar-refractivity contribution in [3.05, 3.63) is 30.6 Å². The van der Waals surface area contributed by atoms with E-state index in [0.29, 0.717) is 19.7 Å². The summed E-state index contributed by atoms with van der Waals surface area (Å²) in [6.07, 6.45) is 2.79. The van der Waals surface area contributed by atoms with E-state index < -0.39 is 0 Å². The number of aromatic nitrogens is 2. The molecule has 0 saturated carbocycles. The van der Waals surface area contributed by atoms with Crippen molar-refractivity contribution >= 4 is 23.0 Å². The van der Waals surface area contributed by atoms with Crippen LogP contribution in [-0.2, 0) is 9.53 Å². The van der Waals surface area contributed by atoms with Crippen LogP contribution in [0, 0.1) is 5.92 Å². The number of para-hydroxylation sites is 2. The maximum absolute atomic E-state index is 12.5. The summed E-state index contributed by atoms with van der Waals surface area (Å²) in [5.41, 5.74) is 4.53. The molecule has 0 aliphatic carbocycles. The second-order valence-electron chi connectivity index (χ2n) is 5.56. The normalized spacial score (nSPS) is 18.0. The predicted molar refractivity (Wildman–Crippen MR) is 85.4 cm³/mol. The third-order valence-electron chi connectivity index (χ3n) is 4.00. The van der Waals surface area contributed by atoms with Gasteiger partial charge in [-0.3, -0.25) is 10.2 Å². The summed E-state index contributed by atoms with van der Waals surface area (Å²) in [4.78, 5) is 30.2. The summed E-state index contributed by atoms with van der Waals surface area (Å²) in [6.45, 7) is 3.14. The van der Waals surface area contributed by atoms with Crippen LogP contribution in [-0.4, -0.2) is 46.3 Å². The quantitative estimate of drug-likeness (QED) is 0.939. The number of ether oxygens (including phenoxy) is 1. The molecule has 2 aromatic rings. The molecule has 1 aromatic heterocycles. The highest BCUT2D eigenvalue weighted by Gasteiger charge is 2.29. The average molecular weight is 316 g/mol. The molecule has 0 radical (unpaired) electrons. The Hall–Kier alpha value is -2.57. The zero-order valence-electron chi connectivity index (χ0n) is 13.1. The molecule has 1 saturated heterocycles. The first-order chi connectivity index (χ1) is 11.2. The Labute approximate surface area is 134 Å². The molecule has 0 spiro atoms. The lowest BCUT2D eigenvalue weighted by Crippen LogP contribution is -2.45. The van der Waals surface area contributed by atoms with Gasteiger partial charge >= 0.3 is 6.09 Å². The number of rotatable bonds is 3. The molecule has 1 atom stereocenters. The zero-order valence-corrected chi connectivity index (χ0v) is 13.1. The molecule has 1 aromatic carbocycles. The van der Waals surface area contributed by atoms with Gasteiger partial charge in [-0.1, -0.05) is 12.1 Å². The van der Waals surface area contributed by atoms with Crippen molar-refractivity contribution in [3.63, 3.8) is 0 Å². The third kappa shape index (κ3) is 3.28. The van der Waals surface area contributed by atoms with E-state index in [2.05, 4.69) is 10.4 Å². The smallest absolute Gasteiger partial charge is 0.409 e. The van der Waals surface area contributed by atoms with Crippen molar-refractivity contribution in [1.29, 1.82) is 0 Å². The van der Waals surface area contributed by atoms with Gasteiger partial charge in [0.25, 0.3) is 0 Å². The van der Waals surface area contributed by atoms with Gasteiger partial charge in [-0.2, -0.15) is 0 Å². The highest BCUT2D eigenvalue weighted by molar-refractivity contribution is 5.88. The van der Waals surface area contributed by atoms with Gasteiger partial charge in [0, 0.05) is 13.1 Å². The molecule has 2 amide bonds. The van der Waals surface area contributed by atoms with Crippen LogP contribution in [0.2, 0.25) is 0 Å². The fraction of sp³-hybridized carbons (Fsp3) is 0.438. The van der Waals surface area contributed by atoms with Gasteiger partial charge in [0.2, 0.25) is 5.91 Å². The fourth-order valence-corrected chi connectivity index (χ4v) is 2.83. The molecular formula is C16H20N4O3. The molecule has 7 heteroatoms. The predicted octanol–water partition coefficient (Wildman–Crippen LogP) is 1.97. The van der Waals surface area contributed by atoms with E-state index in [1.807, 2.05) is 24.3 Å². The van der Waals surface area contributed by atoms with E-state index in [-0.39, 0.29) is 17.9 Å². The molecule has 1 unspecified atom stereocenters. The summed E-state index contributed by atoms with van der Waals surface area (Å²) in [5.74, 6) is -0.350. The molecular weight excluding hydrogens is 296 g/mol. The Morgan fingerprint density at radius 3 is 3.04 bits per heavy atom. The second-order valence-corrected chi connectivity index (χ2v) is 5.56. The van der Waals surface area contributed by atoms with Crippen molar-refractivity contribution in [2.75, 3.05) is 25.1 Å². The van der Waals surface area contributed by atoms with Crippen molar-refractivity contribution in [2.45, 2.75) is 19.8 Å². The molecule has 23 heavy (non-hydrogen) atoms. The molecule has 1 N–H and O–H groups in total. The van der Waals surface area contributed by atoms with E-state index in [0.717, 1.165) is 23.9 Å². The molecule has 7 nitrogen and oxygen atoms in total. The molecule has 1 fully saturated rings. The Kier molecular flexibility index (Phi) is 4.45. The summed E-state index contributed by atoms with van der Waals surface area (Å²) < 4.78 is 6.64. The highest BCUT2D eigenvalue weighted by Crippen LogP contribution is 2.18. The van der Waals surface area contributed by atoms with Gasteiger partial charge in [-0.05, 0) is 31.9 Å². The van der Waals surface area contributed by atoms with Crippen molar-refractivity contribution < 1.29 is 14.3 Å². The van der Waals surface area contributed by atoms with Gasteiger partial charge < -0.3 is 9.64 Å². The number of hydrogen-bond acceptors (Lipinski definition) is 4. The second kappa shape index (κ2) is 6.68. The van der Waals surface area contributed by atoms with Gasteiger partial charge in [-0.25, -0.2) is 14.5 Å². The minimum Gasteiger partial charge on any atom is -0.450 e. The number of nitrogens with zero attached hydrogens (tertiary/aromatic N) is 3. The number of hydrogen-bond donors (Lipinski definition) is 1. The summed E-state index contributed by atoms with van der Waals surface area (Å²) in [6, 6.07) is 7.59. The molecule has 1 aliphatic heterocycles. The topological polar surface area (TPSA) is 76.5 Å². The minimum absolute atomic E-state index is 0.109. The number of piperidine rings is 1. The van der Waals surface area contributed by atoms with Crippen LogP contribution in [0.5, 0.6) is 0 Å². The number of nitrogens with one attached hydrogen (secondary N) is 1. The number of imidazole rings is 1. The lowest BCUT2D eigenvalue weighted by atomic mass is 9.98. The van der Waals surface area contributed by atoms with E-state index >= 15 is 0 Å². The van der Waals surface area contributed by atoms with E-state index in [9.17, 15) is 9.59 Å². The monoisotopic (exact) mass is 316 g/mol. The summed E-state index contributed by atoms with van der Waals surface area (Å²) >= 11 is 0. The van der Waals surface area contributed by atoms with Crippen molar-refractivity contribution in [1.82, 2.24) is 14.6 Å². The zero-order chi connectivity index (χ0) is 16.2. The van der Waals surface area contributed by atoms with Crippen molar-refractivity contribution in [2.24, 2.45) is 5.92 Å². The summed E-state index contributed by atoms with van der Waals surface area (Å²) in [7, 11) is 0. The van der Waals surface area contributed by atoms with Crippen LogP contribution >= 0.6 is 0 Å². The first-order valence-electron chi connectivity index (χ1n) is 7.83. The standard InChI is InChI=1S/C16H20N4O3/c1-2-23-16(22)19-9-5-6-12(10-19)15(21)18-20-11-17-13-7-3-4-8-14(13)20/h3-4,7-8,11-12H,2,5-6,9-10H2,1H3,(H,18,21). The fourth-order valence-electron chi connectivity index (χ4n) is 2.83. The van der Waals surface area contributed by atoms with Crippen LogP contribution in [0.4, 0.5) is 4.79 Å². The van der Waals surface area contributed by atoms with Crippen LogP contribution < -0.4 is 5.43 Å². The molecule has 2 heterocycles. The van der Waals surface area contributed by atoms with E-state index in [4.69, 9.17) is 4.74 Å². The number of benzene rings is 1. The Bertz CT molecular complexity index is 712. The van der Waals surface area contributed by atoms with Gasteiger partial charge in [-0.15, -0.1) is 0 Å². The third-order valence-corrected chi connectivity index (χ3v) is 4.00. The minimum atomic E-state index is -0.349. The van der Waals surface area contributed by atoms with Crippen LogP contribution in [0.1, 0.15) is 19.8 Å². The lowest BCUT2D eigenvalue weighted by molar-refractivity contribution is -0.122. The largest absolute Gasteiger partial charge is 0.450 e. The maximum atomic E-state index is 12.5. The average Bonchev–Trinajstić information content (AvgIpc) is 2.98. The van der Waals surface area contributed by atoms with E-state index in [1.165, 1.54) is 0 Å². The SMILES string of the molecule is CCOC(=O)N1CCCC(C(=O)Nn2cnc3ccccc32)C1. The number of likely N-dealkylation sites (tertiary alicyclic amines) is 1. The van der Waals surface area contributed by atoms with Gasteiger partial charge in [0.1, 0.15) is 6.33 Å². The van der Waals surface area contributed by atoms with Crippen LogP contribution in [0.15, 0.2) is 30.6 Å². The lowest BCUT2D eigenvalue weighted by Gasteiger charge is -2.31. The summed E-state index contributed by atoms with van der Waals surface area (Å²) in [5, 5.41) is 0. The molecule has 1 aliphatic rings. The Morgan fingerprint density at radius 2 is 2.22 bits per heavy atom. The number of fused-ring (bicyclic) bond motifs is 1. The van der Waals surface area contributed by atoms with Crippen molar-refractivity contribution in [3.8, 4) is 0 Å². The molecule has 122 valence electrons. The first kappa shape index (κ1) is 15.3. The number of carbonyl (C=O) groups excluding carboxylic acids is 2. The first-order valence-corrected chi connectivity index (χ1v) is 7.83. The number of amides is 2. The maximum Gasteiger partial charge on any atom is 0.409 e. The Morgan fingerprint density at radius 1 is 1.39 bits per heavy atom. The molecule has 0 bridgehead atoms. The molecule has 3 rings (SSSR count). The van der Waals surface area contributed by atoms with Gasteiger partial charge in [0.05, 0.1) is 23.6 Å². The van der Waals surface area contributed by atoms with E-state index in [1.54, 1.807) is 22.8 Å². The Balaban J connectivity index is 1.67. The number of carbonyl (C=O) groups is 2. The van der Waals surface area contributed by atoms with Gasteiger partial charge in [0.15, 0.2) is 0 Å². The van der Waals surface area contributed by atoms with Crippen LogP contribution in [0.25, 0.3) is 11.0 Å². The highest BCUT2D eigenvalue weighted by atomic mass is 16.6. The van der Waals surface area contributed by atoms with Crippen LogP contribution in [0.3, 0.4) is 0 Å².